The van der Waals surface area contributed by atoms with Crippen molar-refractivity contribution in [1.82, 2.24) is 0 Å². The van der Waals surface area contributed by atoms with E-state index in [2.05, 4.69) is 13.2 Å². The van der Waals surface area contributed by atoms with Gasteiger partial charge in [0.25, 0.3) is 0 Å². The maximum atomic E-state index is 11.2. The molecule has 0 heterocycles. The predicted molar refractivity (Wildman–Crippen MR) is 66.8 cm³/mol. The number of carbonyl (C=O) groups excluding carboxylic acids is 2. The molecule has 0 amide bonds. The molecular formula is C13H20O5. The lowest BCUT2D eigenvalue weighted by Crippen LogP contribution is -2.30. The number of esters is 2. The second kappa shape index (κ2) is 7.66. The van der Waals surface area contributed by atoms with Crippen molar-refractivity contribution in [2.45, 2.75) is 39.4 Å². The van der Waals surface area contributed by atoms with Crippen LogP contribution in [0.15, 0.2) is 24.3 Å². The Morgan fingerprint density at radius 3 is 2.11 bits per heavy atom. The Kier molecular flexibility index (Phi) is 6.97. The van der Waals surface area contributed by atoms with Crippen LogP contribution in [0.1, 0.15) is 27.2 Å². The van der Waals surface area contributed by atoms with Gasteiger partial charge in [-0.05, 0) is 20.8 Å². The Hall–Kier alpha value is -1.62. The molecule has 0 aromatic rings. The van der Waals surface area contributed by atoms with Gasteiger partial charge in [0.1, 0.15) is 6.10 Å². The van der Waals surface area contributed by atoms with Gasteiger partial charge in [-0.1, -0.05) is 13.2 Å². The molecule has 0 aromatic carbocycles. The minimum Gasteiger partial charge on any atom is -0.462 e. The van der Waals surface area contributed by atoms with Crippen molar-refractivity contribution >= 4 is 11.9 Å². The first-order chi connectivity index (χ1) is 8.25. The fourth-order valence-electron chi connectivity index (χ4n) is 0.978. The van der Waals surface area contributed by atoms with Crippen LogP contribution >= 0.6 is 0 Å². The van der Waals surface area contributed by atoms with Crippen molar-refractivity contribution in [1.29, 1.82) is 0 Å². The number of aliphatic hydroxyl groups excluding tert-OH is 1. The van der Waals surface area contributed by atoms with Gasteiger partial charge in [-0.25, -0.2) is 9.59 Å². The van der Waals surface area contributed by atoms with Crippen molar-refractivity contribution < 1.29 is 24.2 Å². The third-order valence-corrected chi connectivity index (χ3v) is 2.18. The quantitative estimate of drug-likeness (QED) is 0.550. The highest BCUT2D eigenvalue weighted by Crippen LogP contribution is 2.07. The fraction of sp³-hybridized carbons (Fsp3) is 0.538. The summed E-state index contributed by atoms with van der Waals surface area (Å²) in [5.74, 6) is -1.06. The van der Waals surface area contributed by atoms with E-state index in [9.17, 15) is 14.7 Å². The topological polar surface area (TPSA) is 72.8 Å². The highest BCUT2D eigenvalue weighted by Gasteiger charge is 2.19. The number of ether oxygens (including phenoxy) is 2. The number of hydrogen-bond donors (Lipinski definition) is 1. The molecule has 0 aromatic heterocycles. The Labute approximate surface area is 107 Å². The van der Waals surface area contributed by atoms with E-state index in [1.54, 1.807) is 6.92 Å². The van der Waals surface area contributed by atoms with Gasteiger partial charge in [-0.2, -0.15) is 0 Å². The molecule has 0 saturated carbocycles. The molecule has 0 fully saturated rings. The van der Waals surface area contributed by atoms with Crippen molar-refractivity contribution in [3.8, 4) is 0 Å². The average Bonchev–Trinajstić information content (AvgIpc) is 2.27. The second-order valence-electron chi connectivity index (χ2n) is 4.16. The van der Waals surface area contributed by atoms with Crippen LogP contribution in [0.5, 0.6) is 0 Å². The third-order valence-electron chi connectivity index (χ3n) is 2.18. The van der Waals surface area contributed by atoms with Crippen LogP contribution in [-0.4, -0.2) is 35.9 Å². The van der Waals surface area contributed by atoms with Gasteiger partial charge in [-0.15, -0.1) is 0 Å². The van der Waals surface area contributed by atoms with Crippen LogP contribution in [0.25, 0.3) is 0 Å². The zero-order valence-corrected chi connectivity index (χ0v) is 11.1. The largest absolute Gasteiger partial charge is 0.462 e. The van der Waals surface area contributed by atoms with Crippen molar-refractivity contribution in [2.24, 2.45) is 0 Å². The average molecular weight is 256 g/mol. The minimum absolute atomic E-state index is 0.0435. The summed E-state index contributed by atoms with van der Waals surface area (Å²) < 4.78 is 9.75. The molecular weight excluding hydrogens is 236 g/mol. The Morgan fingerprint density at radius 2 is 1.67 bits per heavy atom. The first-order valence-corrected chi connectivity index (χ1v) is 5.63. The van der Waals surface area contributed by atoms with Crippen LogP contribution in [-0.2, 0) is 19.1 Å². The maximum absolute atomic E-state index is 11.2. The summed E-state index contributed by atoms with van der Waals surface area (Å²) in [5.41, 5.74) is 0.564. The summed E-state index contributed by atoms with van der Waals surface area (Å²) in [7, 11) is 0. The molecule has 2 unspecified atom stereocenters. The highest BCUT2D eigenvalue weighted by molar-refractivity contribution is 5.87. The zero-order chi connectivity index (χ0) is 14.3. The molecule has 1 N–H and O–H groups in total. The van der Waals surface area contributed by atoms with E-state index in [1.807, 2.05) is 0 Å². The molecule has 0 radical (unpaired) electrons. The Bertz CT molecular complexity index is 345. The molecule has 0 bridgehead atoms. The molecule has 5 heteroatoms. The number of rotatable bonds is 7. The second-order valence-corrected chi connectivity index (χ2v) is 4.16. The van der Waals surface area contributed by atoms with Crippen molar-refractivity contribution in [3.63, 3.8) is 0 Å². The summed E-state index contributed by atoms with van der Waals surface area (Å²) in [6.07, 6.45) is -1.40. The van der Waals surface area contributed by atoms with E-state index in [-0.39, 0.29) is 18.6 Å². The van der Waals surface area contributed by atoms with Gasteiger partial charge in [-0.3, -0.25) is 0 Å². The minimum atomic E-state index is -0.897. The SMILES string of the molecule is C=C(C)C(=O)OCCC(O)C(C)OC(=O)C(=C)C. The molecule has 0 aliphatic rings. The van der Waals surface area contributed by atoms with Crippen molar-refractivity contribution in [2.75, 3.05) is 6.61 Å². The van der Waals surface area contributed by atoms with Crippen LogP contribution in [0, 0.1) is 0 Å². The van der Waals surface area contributed by atoms with Crippen molar-refractivity contribution in [3.05, 3.63) is 24.3 Å². The third kappa shape index (κ3) is 6.20. The lowest BCUT2D eigenvalue weighted by atomic mass is 10.1. The summed E-state index contributed by atoms with van der Waals surface area (Å²) in [5, 5.41) is 9.68. The van der Waals surface area contributed by atoms with E-state index < -0.39 is 24.1 Å². The standard InChI is InChI=1S/C13H20O5/c1-8(2)12(15)17-7-6-11(14)10(5)18-13(16)9(3)4/h10-11,14H,1,3,6-7H2,2,4-5H3. The van der Waals surface area contributed by atoms with E-state index in [0.717, 1.165) is 0 Å². The lowest BCUT2D eigenvalue weighted by molar-refractivity contribution is -0.151. The fourth-order valence-corrected chi connectivity index (χ4v) is 0.978. The molecule has 0 saturated heterocycles. The molecule has 2 atom stereocenters. The smallest absolute Gasteiger partial charge is 0.333 e. The Morgan fingerprint density at radius 1 is 1.17 bits per heavy atom. The van der Waals surface area contributed by atoms with Gasteiger partial charge < -0.3 is 14.6 Å². The normalized spacial score (nSPS) is 13.3. The molecule has 0 spiro atoms. The van der Waals surface area contributed by atoms with Gasteiger partial charge in [0.2, 0.25) is 0 Å². The van der Waals surface area contributed by atoms with Gasteiger partial charge in [0, 0.05) is 17.6 Å². The maximum Gasteiger partial charge on any atom is 0.333 e. The predicted octanol–water partition coefficient (Wildman–Crippen LogP) is 1.36. The van der Waals surface area contributed by atoms with E-state index in [4.69, 9.17) is 9.47 Å². The van der Waals surface area contributed by atoms with Crippen LogP contribution < -0.4 is 0 Å². The van der Waals surface area contributed by atoms with E-state index >= 15 is 0 Å². The monoisotopic (exact) mass is 256 g/mol. The number of aliphatic hydroxyl groups is 1. The first kappa shape index (κ1) is 16.4. The molecule has 0 rings (SSSR count). The van der Waals surface area contributed by atoms with Crippen LogP contribution in [0.4, 0.5) is 0 Å². The zero-order valence-electron chi connectivity index (χ0n) is 11.1. The molecule has 0 aliphatic carbocycles. The Balaban J connectivity index is 3.98. The summed E-state index contributed by atoms with van der Waals surface area (Å²) >= 11 is 0. The van der Waals surface area contributed by atoms with Gasteiger partial charge in [0.15, 0.2) is 0 Å². The first-order valence-electron chi connectivity index (χ1n) is 5.63. The molecule has 18 heavy (non-hydrogen) atoms. The van der Waals surface area contributed by atoms with E-state index in [1.165, 1.54) is 13.8 Å². The highest BCUT2D eigenvalue weighted by atomic mass is 16.6. The van der Waals surface area contributed by atoms with E-state index in [0.29, 0.717) is 5.57 Å². The summed E-state index contributed by atoms with van der Waals surface area (Å²) in [4.78, 5) is 22.3. The van der Waals surface area contributed by atoms with Gasteiger partial charge >= 0.3 is 11.9 Å². The molecule has 102 valence electrons. The summed E-state index contributed by atoms with van der Waals surface area (Å²) in [6.45, 7) is 11.5. The molecule has 5 nitrogen and oxygen atoms in total. The molecule has 0 aliphatic heterocycles. The number of hydrogen-bond acceptors (Lipinski definition) is 5. The van der Waals surface area contributed by atoms with Crippen LogP contribution in [0.2, 0.25) is 0 Å². The lowest BCUT2D eigenvalue weighted by Gasteiger charge is -2.19. The number of carbonyl (C=O) groups is 2. The summed E-state index contributed by atoms with van der Waals surface area (Å²) in [6, 6.07) is 0. The van der Waals surface area contributed by atoms with Crippen LogP contribution in [0.3, 0.4) is 0 Å². The van der Waals surface area contributed by atoms with Gasteiger partial charge in [0.05, 0.1) is 12.7 Å².